The molecule has 0 aliphatic carbocycles. The number of alkyl halides is 9. The molecular formula is C26H30F9N3O7S. The first-order valence-corrected chi connectivity index (χ1v) is 13.8. The zero-order valence-corrected chi connectivity index (χ0v) is 24.7. The van der Waals surface area contributed by atoms with E-state index < -0.39 is 36.4 Å². The lowest BCUT2D eigenvalue weighted by atomic mass is 9.75. The molecule has 2 aromatic rings. The molecule has 2 aliphatic heterocycles. The number of thiophene rings is 1. The average molecular weight is 700 g/mol. The van der Waals surface area contributed by atoms with Gasteiger partial charge >= 0.3 is 36.4 Å². The van der Waals surface area contributed by atoms with E-state index in [1.54, 1.807) is 0 Å². The van der Waals surface area contributed by atoms with E-state index in [9.17, 15) is 39.5 Å². The topological polar surface area (TPSA) is 140 Å². The molecule has 3 N–H and O–H groups in total. The normalized spacial score (nSPS) is 18.0. The second kappa shape index (κ2) is 17.4. The second-order valence-corrected chi connectivity index (χ2v) is 11.0. The van der Waals surface area contributed by atoms with Gasteiger partial charge in [0.25, 0.3) is 0 Å². The SMILES string of the molecule is CN1CCC(COCc2ccncc2)CC12CN(Cc1cccs1)C2.O=C(O)C(F)(F)F.O=C(O)C(F)(F)F.O=C(O)C(F)(F)F. The van der Waals surface area contributed by atoms with Gasteiger partial charge in [0.05, 0.1) is 6.61 Å². The number of aliphatic carboxylic acids is 3. The fourth-order valence-corrected chi connectivity index (χ4v) is 5.01. The Labute approximate surface area is 260 Å². The van der Waals surface area contributed by atoms with E-state index >= 15 is 0 Å². The van der Waals surface area contributed by atoms with Gasteiger partial charge in [-0.1, -0.05) is 6.07 Å². The first-order chi connectivity index (χ1) is 21.1. The number of likely N-dealkylation sites (N-methyl/N-ethyl adjacent to an activating group) is 1. The second-order valence-electron chi connectivity index (χ2n) is 10.0. The van der Waals surface area contributed by atoms with Crippen LogP contribution < -0.4 is 0 Å². The van der Waals surface area contributed by atoms with Crippen molar-refractivity contribution in [3.63, 3.8) is 0 Å². The largest absolute Gasteiger partial charge is 0.490 e. The van der Waals surface area contributed by atoms with Gasteiger partial charge in [-0.3, -0.25) is 14.8 Å². The lowest BCUT2D eigenvalue weighted by Crippen LogP contribution is -2.71. The number of aromatic nitrogens is 1. The van der Waals surface area contributed by atoms with Crippen molar-refractivity contribution < 1.29 is 74.0 Å². The highest BCUT2D eigenvalue weighted by Crippen LogP contribution is 2.39. The minimum Gasteiger partial charge on any atom is -0.475 e. The first-order valence-electron chi connectivity index (χ1n) is 12.9. The third-order valence-corrected chi connectivity index (χ3v) is 7.31. The van der Waals surface area contributed by atoms with Gasteiger partial charge in [-0.15, -0.1) is 11.3 Å². The van der Waals surface area contributed by atoms with Gasteiger partial charge in [0.2, 0.25) is 0 Å². The van der Waals surface area contributed by atoms with Gasteiger partial charge in [0.15, 0.2) is 0 Å². The number of hydrogen-bond donors (Lipinski definition) is 3. The minimum atomic E-state index is -5.08. The van der Waals surface area contributed by atoms with Gasteiger partial charge in [0, 0.05) is 49.1 Å². The molecule has 1 atom stereocenters. The zero-order chi connectivity index (χ0) is 35.3. The standard InChI is InChI=1S/C20H27N3OS.3C2HF3O2/c1-22-9-6-18(14-24-13-17-4-7-21-8-5-17)11-20(22)15-23(16-20)12-19-3-2-10-25-19;3*3-2(4,5)1(6)7/h2-5,7-8,10,18H,6,9,11-16H2,1H3;3*(H,6,7). The van der Waals surface area contributed by atoms with Crippen molar-refractivity contribution in [2.45, 2.75) is 50.1 Å². The maximum absolute atomic E-state index is 10.6. The number of hydrogen-bond acceptors (Lipinski definition) is 8. The lowest BCUT2D eigenvalue weighted by molar-refractivity contribution is -0.193. The molecule has 4 rings (SSSR count). The quantitative estimate of drug-likeness (QED) is 0.347. The number of piperidine rings is 1. The Kier molecular flexibility index (Phi) is 15.4. The predicted molar refractivity (Wildman–Crippen MR) is 143 cm³/mol. The number of rotatable bonds is 6. The molecule has 0 amide bonds. The molecule has 2 aromatic heterocycles. The smallest absolute Gasteiger partial charge is 0.475 e. The number of pyridine rings is 1. The summed E-state index contributed by atoms with van der Waals surface area (Å²) in [5.74, 6) is -7.59. The van der Waals surface area contributed by atoms with Crippen LogP contribution in [0.1, 0.15) is 23.3 Å². The third kappa shape index (κ3) is 14.7. The van der Waals surface area contributed by atoms with E-state index in [0.717, 1.165) is 13.2 Å². The van der Waals surface area contributed by atoms with Crippen LogP contribution in [0.2, 0.25) is 0 Å². The molecule has 2 fully saturated rings. The average Bonchev–Trinajstić information content (AvgIpc) is 3.43. The molecule has 1 unspecified atom stereocenters. The highest BCUT2D eigenvalue weighted by atomic mass is 32.1. The number of nitrogens with zero attached hydrogens (tertiary/aromatic N) is 3. The number of halogens is 9. The van der Waals surface area contributed by atoms with Crippen LogP contribution in [0, 0.1) is 5.92 Å². The van der Waals surface area contributed by atoms with E-state index in [0.29, 0.717) is 18.1 Å². The van der Waals surface area contributed by atoms with Gasteiger partial charge in [0.1, 0.15) is 0 Å². The number of ether oxygens (including phenoxy) is 1. The summed E-state index contributed by atoms with van der Waals surface area (Å²) in [6, 6.07) is 8.46. The Bertz CT molecular complexity index is 1170. The predicted octanol–water partition coefficient (Wildman–Crippen LogP) is 5.16. The minimum absolute atomic E-state index is 0.375. The molecule has 260 valence electrons. The summed E-state index contributed by atoms with van der Waals surface area (Å²) < 4.78 is 101. The molecule has 4 heterocycles. The number of carbonyl (C=O) groups is 3. The number of carboxylic acids is 3. The van der Waals surface area contributed by atoms with Crippen molar-refractivity contribution in [2.24, 2.45) is 5.92 Å². The van der Waals surface area contributed by atoms with Crippen molar-refractivity contribution >= 4 is 29.2 Å². The van der Waals surface area contributed by atoms with Crippen molar-refractivity contribution in [2.75, 3.05) is 33.3 Å². The fraction of sp³-hybridized carbons (Fsp3) is 0.538. The summed E-state index contributed by atoms with van der Waals surface area (Å²) in [5, 5.41) is 23.5. The van der Waals surface area contributed by atoms with Crippen LogP contribution in [-0.4, -0.2) is 105 Å². The van der Waals surface area contributed by atoms with Crippen molar-refractivity contribution in [1.82, 2.24) is 14.8 Å². The van der Waals surface area contributed by atoms with Crippen molar-refractivity contribution in [1.29, 1.82) is 0 Å². The Hall–Kier alpha value is -3.49. The molecule has 2 aliphatic rings. The van der Waals surface area contributed by atoms with Crippen LogP contribution >= 0.6 is 11.3 Å². The molecule has 0 saturated carbocycles. The summed E-state index contributed by atoms with van der Waals surface area (Å²) in [6.07, 6.45) is -9.07. The summed E-state index contributed by atoms with van der Waals surface area (Å²) in [5.41, 5.74) is 1.59. The molecule has 0 bridgehead atoms. The molecule has 10 nitrogen and oxygen atoms in total. The van der Waals surface area contributed by atoms with Crippen LogP contribution in [0.3, 0.4) is 0 Å². The molecule has 2 saturated heterocycles. The number of likely N-dealkylation sites (tertiary alicyclic amines) is 2. The Morgan fingerprint density at radius 3 is 1.80 bits per heavy atom. The van der Waals surface area contributed by atoms with E-state index in [1.807, 2.05) is 35.9 Å². The summed E-state index contributed by atoms with van der Waals surface area (Å²) in [4.78, 5) is 37.4. The molecule has 0 radical (unpaired) electrons. The molecular weight excluding hydrogens is 669 g/mol. The van der Waals surface area contributed by atoms with E-state index in [-0.39, 0.29) is 0 Å². The van der Waals surface area contributed by atoms with Gasteiger partial charge in [-0.05, 0) is 61.5 Å². The third-order valence-electron chi connectivity index (χ3n) is 6.45. The van der Waals surface area contributed by atoms with Crippen LogP contribution in [0.25, 0.3) is 0 Å². The maximum atomic E-state index is 10.6. The van der Waals surface area contributed by atoms with Gasteiger partial charge < -0.3 is 20.1 Å². The lowest BCUT2D eigenvalue weighted by Gasteiger charge is -2.58. The monoisotopic (exact) mass is 699 g/mol. The van der Waals surface area contributed by atoms with Gasteiger partial charge in [-0.25, -0.2) is 14.4 Å². The molecule has 1 spiro atoms. The van der Waals surface area contributed by atoms with Gasteiger partial charge in [-0.2, -0.15) is 39.5 Å². The van der Waals surface area contributed by atoms with Crippen LogP contribution in [0.5, 0.6) is 0 Å². The van der Waals surface area contributed by atoms with Crippen LogP contribution in [-0.2, 0) is 32.3 Å². The van der Waals surface area contributed by atoms with E-state index in [2.05, 4.69) is 39.3 Å². The zero-order valence-electron chi connectivity index (χ0n) is 23.9. The summed E-state index contributed by atoms with van der Waals surface area (Å²) in [7, 11) is 2.30. The van der Waals surface area contributed by atoms with E-state index in [4.69, 9.17) is 34.4 Å². The highest BCUT2D eigenvalue weighted by Gasteiger charge is 2.49. The van der Waals surface area contributed by atoms with Crippen molar-refractivity contribution in [3.8, 4) is 0 Å². The Morgan fingerprint density at radius 1 is 0.913 bits per heavy atom. The highest BCUT2D eigenvalue weighted by molar-refractivity contribution is 7.09. The van der Waals surface area contributed by atoms with Crippen LogP contribution in [0.15, 0.2) is 42.0 Å². The Morgan fingerprint density at radius 2 is 1.39 bits per heavy atom. The maximum Gasteiger partial charge on any atom is 0.490 e. The summed E-state index contributed by atoms with van der Waals surface area (Å²) >= 11 is 1.87. The molecule has 46 heavy (non-hydrogen) atoms. The van der Waals surface area contributed by atoms with Crippen LogP contribution in [0.4, 0.5) is 39.5 Å². The van der Waals surface area contributed by atoms with Crippen molar-refractivity contribution in [3.05, 3.63) is 52.5 Å². The first kappa shape index (κ1) is 40.5. The summed E-state index contributed by atoms with van der Waals surface area (Å²) in [6.45, 7) is 6.27. The van der Waals surface area contributed by atoms with E-state index in [1.165, 1.54) is 42.9 Å². The Balaban J connectivity index is 0.000000413. The fourth-order valence-electron chi connectivity index (χ4n) is 4.26. The number of carboxylic acid groups (broad SMARTS) is 3. The molecule has 20 heteroatoms. The molecule has 0 aromatic carbocycles.